The molecule has 0 spiro atoms. The summed E-state index contributed by atoms with van der Waals surface area (Å²) in [6, 6.07) is 0. The lowest BCUT2D eigenvalue weighted by atomic mass is 10.0. The molecule has 2 aliphatic rings. The molecule has 33 heavy (non-hydrogen) atoms. The van der Waals surface area contributed by atoms with E-state index in [9.17, 15) is 5.11 Å². The molecule has 4 unspecified atom stereocenters. The Morgan fingerprint density at radius 3 is 1.70 bits per heavy atom. The number of ether oxygens (including phenoxy) is 2. The molecule has 2 aliphatic heterocycles. The van der Waals surface area contributed by atoms with Crippen molar-refractivity contribution in [2.75, 3.05) is 6.61 Å². The van der Waals surface area contributed by atoms with Crippen LogP contribution in [0, 0.1) is 0 Å². The van der Waals surface area contributed by atoms with Gasteiger partial charge in [0, 0.05) is 0 Å². The highest BCUT2D eigenvalue weighted by Gasteiger charge is 2.64. The maximum absolute atomic E-state index is 9.35. The van der Waals surface area contributed by atoms with Crippen LogP contribution in [-0.2, 0) is 9.47 Å². The highest BCUT2D eigenvalue weighted by molar-refractivity contribution is 5.22. The van der Waals surface area contributed by atoms with Crippen molar-refractivity contribution >= 4 is 0 Å². The van der Waals surface area contributed by atoms with Gasteiger partial charge in [-0.3, -0.25) is 0 Å². The van der Waals surface area contributed by atoms with Gasteiger partial charge in [-0.25, -0.2) is 0 Å². The van der Waals surface area contributed by atoms with Gasteiger partial charge in [-0.1, -0.05) is 52.7 Å². The Hall–Kier alpha value is -1.42. The van der Waals surface area contributed by atoms with Crippen LogP contribution in [0.5, 0.6) is 0 Å². The molecule has 1 N–H and O–H groups in total. The van der Waals surface area contributed by atoms with Gasteiger partial charge in [0.1, 0.15) is 23.9 Å². The summed E-state index contributed by atoms with van der Waals surface area (Å²) in [6.45, 7) is 15.3. The predicted octanol–water partition coefficient (Wildman–Crippen LogP) is 7.78. The quantitative estimate of drug-likeness (QED) is 0.155. The molecule has 3 nitrogen and oxygen atoms in total. The molecule has 2 fully saturated rings. The Bertz CT molecular complexity index is 778. The normalized spacial score (nSPS) is 28.2. The van der Waals surface area contributed by atoms with Gasteiger partial charge >= 0.3 is 0 Å². The summed E-state index contributed by atoms with van der Waals surface area (Å²) in [4.78, 5) is 0. The summed E-state index contributed by atoms with van der Waals surface area (Å²) >= 11 is 0. The zero-order valence-electron chi connectivity index (χ0n) is 22.2. The molecule has 186 valence electrons. The van der Waals surface area contributed by atoms with Gasteiger partial charge in [-0.05, 0) is 105 Å². The fraction of sp³-hybridized carbons (Fsp3) is 0.667. The van der Waals surface area contributed by atoms with E-state index in [1.807, 2.05) is 6.92 Å². The lowest BCUT2D eigenvalue weighted by molar-refractivity contribution is 0.184. The van der Waals surface area contributed by atoms with Crippen LogP contribution >= 0.6 is 0 Å². The third kappa shape index (κ3) is 10.2. The van der Waals surface area contributed by atoms with Gasteiger partial charge in [0.25, 0.3) is 0 Å². The summed E-state index contributed by atoms with van der Waals surface area (Å²) < 4.78 is 11.4. The molecule has 3 heteroatoms. The van der Waals surface area contributed by atoms with Crippen LogP contribution in [0.3, 0.4) is 0 Å². The molecule has 0 aromatic heterocycles. The molecule has 2 heterocycles. The van der Waals surface area contributed by atoms with Gasteiger partial charge in [0.05, 0.1) is 6.61 Å². The van der Waals surface area contributed by atoms with Crippen molar-refractivity contribution < 1.29 is 14.6 Å². The lowest BCUT2D eigenvalue weighted by Crippen LogP contribution is -2.19. The van der Waals surface area contributed by atoms with Gasteiger partial charge in [-0.2, -0.15) is 0 Å². The minimum absolute atomic E-state index is 0.0570. The number of rotatable bonds is 15. The summed E-state index contributed by atoms with van der Waals surface area (Å²) in [7, 11) is 0. The topological polar surface area (TPSA) is 45.3 Å². The van der Waals surface area contributed by atoms with Crippen LogP contribution in [0.15, 0.2) is 58.2 Å². The van der Waals surface area contributed by atoms with Crippen molar-refractivity contribution in [2.45, 2.75) is 124 Å². The van der Waals surface area contributed by atoms with Gasteiger partial charge < -0.3 is 14.6 Å². The number of epoxide rings is 2. The van der Waals surface area contributed by atoms with E-state index in [2.05, 4.69) is 71.9 Å². The third-order valence-electron chi connectivity index (χ3n) is 6.81. The molecule has 0 aromatic carbocycles. The van der Waals surface area contributed by atoms with Crippen LogP contribution < -0.4 is 0 Å². The number of hydrogen-bond donors (Lipinski definition) is 1. The standard InChI is InChI=1S/C30H48O3/c1-22(2)13-10-16-25(5)18-11-17-23(3)14-8-9-15-24(4)19-12-20-26(6)27-28(32-27)29-30(7,21-31)33-29/h13-15,18,20,27-29,31H,8-12,16-17,19,21H2,1-7H3. The minimum atomic E-state index is -0.382. The van der Waals surface area contributed by atoms with Crippen molar-refractivity contribution in [3.63, 3.8) is 0 Å². The average molecular weight is 457 g/mol. The molecule has 0 saturated carbocycles. The van der Waals surface area contributed by atoms with Crippen LogP contribution in [0.4, 0.5) is 0 Å². The zero-order chi connectivity index (χ0) is 24.4. The number of hydrogen-bond acceptors (Lipinski definition) is 3. The monoisotopic (exact) mass is 456 g/mol. The van der Waals surface area contributed by atoms with E-state index in [1.54, 1.807) is 0 Å². The molecular formula is C30H48O3. The second-order valence-corrected chi connectivity index (χ2v) is 10.6. The van der Waals surface area contributed by atoms with E-state index in [-0.39, 0.29) is 30.5 Å². The Labute approximate surface area is 203 Å². The summed E-state index contributed by atoms with van der Waals surface area (Å²) in [5, 5.41) is 9.35. The molecule has 0 aliphatic carbocycles. The first-order chi connectivity index (χ1) is 15.7. The molecule has 2 saturated heterocycles. The molecule has 0 aromatic rings. The number of aliphatic hydroxyl groups excluding tert-OH is 1. The first-order valence-electron chi connectivity index (χ1n) is 12.9. The third-order valence-corrected chi connectivity index (χ3v) is 6.81. The van der Waals surface area contributed by atoms with E-state index in [4.69, 9.17) is 9.47 Å². The van der Waals surface area contributed by atoms with Crippen LogP contribution in [0.2, 0.25) is 0 Å². The highest BCUT2D eigenvalue weighted by Crippen LogP contribution is 2.48. The number of unbranched alkanes of at least 4 members (excludes halogenated alkanes) is 1. The summed E-state index contributed by atoms with van der Waals surface area (Å²) in [5.74, 6) is 0. The van der Waals surface area contributed by atoms with Gasteiger partial charge in [-0.15, -0.1) is 0 Å². The minimum Gasteiger partial charge on any atom is -0.393 e. The van der Waals surface area contributed by atoms with Crippen molar-refractivity contribution in [3.05, 3.63) is 58.2 Å². The highest BCUT2D eigenvalue weighted by atomic mass is 16.7. The van der Waals surface area contributed by atoms with E-state index in [0.717, 1.165) is 38.5 Å². The maximum Gasteiger partial charge on any atom is 0.118 e. The number of aliphatic hydroxyl groups is 1. The first-order valence-corrected chi connectivity index (χ1v) is 12.9. The van der Waals surface area contributed by atoms with Crippen LogP contribution in [-0.4, -0.2) is 35.6 Å². The van der Waals surface area contributed by atoms with Crippen molar-refractivity contribution in [1.29, 1.82) is 0 Å². The fourth-order valence-electron chi connectivity index (χ4n) is 4.26. The second kappa shape index (κ2) is 13.5. The first kappa shape index (κ1) is 27.8. The Balaban J connectivity index is 1.58. The Kier molecular flexibility index (Phi) is 11.4. The van der Waals surface area contributed by atoms with Gasteiger partial charge in [0.15, 0.2) is 0 Å². The van der Waals surface area contributed by atoms with Crippen LogP contribution in [0.25, 0.3) is 0 Å². The molecule has 0 bridgehead atoms. The summed E-state index contributed by atoms with van der Waals surface area (Å²) in [6.07, 6.45) is 21.3. The average Bonchev–Trinajstić information content (AvgIpc) is 3.66. The molecule has 0 radical (unpaired) electrons. The SMILES string of the molecule is CC(C)=CCCC(C)=CCCC(C)=CCCC=C(C)CCC=C(C)C1OC1C1OC1(C)CO. The van der Waals surface area contributed by atoms with Gasteiger partial charge in [0.2, 0.25) is 0 Å². The van der Waals surface area contributed by atoms with E-state index < -0.39 is 0 Å². The summed E-state index contributed by atoms with van der Waals surface area (Å²) in [5.41, 5.74) is 6.80. The molecule has 4 atom stereocenters. The lowest BCUT2D eigenvalue weighted by Gasteiger charge is -2.02. The predicted molar refractivity (Wildman–Crippen MR) is 140 cm³/mol. The van der Waals surface area contributed by atoms with Crippen molar-refractivity contribution in [1.82, 2.24) is 0 Å². The molecule has 0 amide bonds. The molecule has 2 rings (SSSR count). The maximum atomic E-state index is 9.35. The van der Waals surface area contributed by atoms with Crippen LogP contribution in [0.1, 0.15) is 99.8 Å². The smallest absolute Gasteiger partial charge is 0.118 e. The van der Waals surface area contributed by atoms with Crippen molar-refractivity contribution in [3.8, 4) is 0 Å². The Morgan fingerprint density at radius 2 is 1.21 bits per heavy atom. The van der Waals surface area contributed by atoms with Crippen molar-refractivity contribution in [2.24, 2.45) is 0 Å². The second-order valence-electron chi connectivity index (χ2n) is 10.6. The van der Waals surface area contributed by atoms with E-state index in [1.165, 1.54) is 40.7 Å². The van der Waals surface area contributed by atoms with E-state index in [0.29, 0.717) is 0 Å². The molecular weight excluding hydrogens is 408 g/mol. The largest absolute Gasteiger partial charge is 0.393 e. The zero-order valence-corrected chi connectivity index (χ0v) is 22.2. The Morgan fingerprint density at radius 1 is 0.727 bits per heavy atom. The fourth-order valence-corrected chi connectivity index (χ4v) is 4.26. The number of allylic oxidation sites excluding steroid dienone is 9. The van der Waals surface area contributed by atoms with E-state index >= 15 is 0 Å².